The summed E-state index contributed by atoms with van der Waals surface area (Å²) >= 11 is 0. The summed E-state index contributed by atoms with van der Waals surface area (Å²) in [7, 11) is 0. The van der Waals surface area contributed by atoms with Gasteiger partial charge < -0.3 is 9.84 Å². The van der Waals surface area contributed by atoms with E-state index in [1.807, 2.05) is 6.07 Å². The summed E-state index contributed by atoms with van der Waals surface area (Å²) in [6.45, 7) is 1.63. The lowest BCUT2D eigenvalue weighted by molar-refractivity contribution is 0.0728. The highest BCUT2D eigenvalue weighted by Gasteiger charge is 2.13. The first-order valence-electron chi connectivity index (χ1n) is 5.72. The minimum Gasteiger partial charge on any atom is -0.423 e. The molecule has 2 rings (SSSR count). The summed E-state index contributed by atoms with van der Waals surface area (Å²) in [5, 5.41) is 9.60. The quantitative estimate of drug-likeness (QED) is 0.665. The second-order valence-corrected chi connectivity index (χ2v) is 3.97. The van der Waals surface area contributed by atoms with Gasteiger partial charge in [0.05, 0.1) is 11.7 Å². The van der Waals surface area contributed by atoms with Crippen LogP contribution in [0.5, 0.6) is 5.75 Å². The maximum absolute atomic E-state index is 11.9. The Balaban J connectivity index is 2.22. The van der Waals surface area contributed by atoms with E-state index in [0.29, 0.717) is 16.9 Å². The molecule has 0 aromatic heterocycles. The third-order valence-electron chi connectivity index (χ3n) is 2.58. The van der Waals surface area contributed by atoms with E-state index in [4.69, 9.17) is 4.74 Å². The van der Waals surface area contributed by atoms with Gasteiger partial charge in [0.2, 0.25) is 0 Å². The molecule has 3 heteroatoms. The van der Waals surface area contributed by atoms with Crippen molar-refractivity contribution in [3.05, 3.63) is 65.7 Å². The second kappa shape index (κ2) is 5.47. The van der Waals surface area contributed by atoms with E-state index in [2.05, 4.69) is 0 Å². The highest BCUT2D eigenvalue weighted by Crippen LogP contribution is 2.25. The highest BCUT2D eigenvalue weighted by atomic mass is 16.5. The Morgan fingerprint density at radius 1 is 1.06 bits per heavy atom. The van der Waals surface area contributed by atoms with Crippen LogP contribution in [-0.4, -0.2) is 11.1 Å². The SMILES string of the molecule is CC(O)c1ccccc1OC(=O)c1ccccc1. The molecule has 2 aromatic rings. The van der Waals surface area contributed by atoms with Crippen molar-refractivity contribution in [3.8, 4) is 5.75 Å². The van der Waals surface area contributed by atoms with Crippen LogP contribution >= 0.6 is 0 Å². The molecule has 1 unspecified atom stereocenters. The standard InChI is InChI=1S/C15H14O3/c1-11(16)13-9-5-6-10-14(13)18-15(17)12-7-3-2-4-8-12/h2-11,16H,1H3. The average molecular weight is 242 g/mol. The third kappa shape index (κ3) is 2.76. The predicted octanol–water partition coefficient (Wildman–Crippen LogP) is 2.96. The fraction of sp³-hybridized carbons (Fsp3) is 0.133. The summed E-state index contributed by atoms with van der Waals surface area (Å²) in [6, 6.07) is 15.7. The molecule has 0 fully saturated rings. The van der Waals surface area contributed by atoms with E-state index in [9.17, 15) is 9.90 Å². The van der Waals surface area contributed by atoms with Crippen molar-refractivity contribution in [1.29, 1.82) is 0 Å². The first-order valence-corrected chi connectivity index (χ1v) is 5.72. The van der Waals surface area contributed by atoms with Crippen molar-refractivity contribution in [2.24, 2.45) is 0 Å². The summed E-state index contributed by atoms with van der Waals surface area (Å²) in [5.74, 6) is -0.0370. The van der Waals surface area contributed by atoms with Crippen LogP contribution in [0.4, 0.5) is 0 Å². The van der Waals surface area contributed by atoms with E-state index < -0.39 is 12.1 Å². The molecule has 0 saturated heterocycles. The molecule has 0 saturated carbocycles. The molecule has 0 aliphatic heterocycles. The van der Waals surface area contributed by atoms with Gasteiger partial charge >= 0.3 is 5.97 Å². The predicted molar refractivity (Wildman–Crippen MR) is 68.5 cm³/mol. The van der Waals surface area contributed by atoms with Gasteiger partial charge in [-0.15, -0.1) is 0 Å². The van der Waals surface area contributed by atoms with E-state index >= 15 is 0 Å². The number of carbonyl (C=O) groups is 1. The van der Waals surface area contributed by atoms with Crippen LogP contribution in [0, 0.1) is 0 Å². The maximum atomic E-state index is 11.9. The molecule has 0 aliphatic carbocycles. The fourth-order valence-electron chi connectivity index (χ4n) is 1.65. The van der Waals surface area contributed by atoms with E-state index in [0.717, 1.165) is 0 Å². The zero-order valence-corrected chi connectivity index (χ0v) is 10.0. The molecule has 0 amide bonds. The smallest absolute Gasteiger partial charge is 0.343 e. The number of benzene rings is 2. The number of aliphatic hydroxyl groups excluding tert-OH is 1. The Kier molecular flexibility index (Phi) is 3.75. The lowest BCUT2D eigenvalue weighted by atomic mass is 10.1. The third-order valence-corrected chi connectivity index (χ3v) is 2.58. The molecule has 0 radical (unpaired) electrons. The monoisotopic (exact) mass is 242 g/mol. The number of hydrogen-bond donors (Lipinski definition) is 1. The van der Waals surface area contributed by atoms with Crippen molar-refractivity contribution >= 4 is 5.97 Å². The lowest BCUT2D eigenvalue weighted by Gasteiger charge is -2.11. The van der Waals surface area contributed by atoms with Gasteiger partial charge in [-0.2, -0.15) is 0 Å². The number of aliphatic hydroxyl groups is 1. The fourth-order valence-corrected chi connectivity index (χ4v) is 1.65. The number of esters is 1. The number of hydrogen-bond acceptors (Lipinski definition) is 3. The van der Waals surface area contributed by atoms with Crippen LogP contribution in [0.15, 0.2) is 54.6 Å². The van der Waals surface area contributed by atoms with Gasteiger partial charge in [-0.3, -0.25) is 0 Å². The molecule has 1 atom stereocenters. The topological polar surface area (TPSA) is 46.5 Å². The van der Waals surface area contributed by atoms with Gasteiger partial charge in [0, 0.05) is 5.56 Å². The van der Waals surface area contributed by atoms with Crippen molar-refractivity contribution in [2.75, 3.05) is 0 Å². The molecule has 18 heavy (non-hydrogen) atoms. The summed E-state index contributed by atoms with van der Waals surface area (Å²) in [4.78, 5) is 11.9. The Morgan fingerprint density at radius 3 is 2.33 bits per heavy atom. The van der Waals surface area contributed by atoms with Crippen LogP contribution in [0.25, 0.3) is 0 Å². The van der Waals surface area contributed by atoms with E-state index in [-0.39, 0.29) is 0 Å². The molecule has 1 N–H and O–H groups in total. The Bertz CT molecular complexity index is 532. The van der Waals surface area contributed by atoms with Crippen LogP contribution < -0.4 is 4.74 Å². The second-order valence-electron chi connectivity index (χ2n) is 3.97. The van der Waals surface area contributed by atoms with Gasteiger partial charge in [0.1, 0.15) is 5.75 Å². The van der Waals surface area contributed by atoms with E-state index in [1.54, 1.807) is 55.5 Å². The van der Waals surface area contributed by atoms with Gasteiger partial charge in [-0.1, -0.05) is 36.4 Å². The summed E-state index contributed by atoms with van der Waals surface area (Å²) in [6.07, 6.45) is -0.676. The van der Waals surface area contributed by atoms with Crippen LogP contribution in [0.1, 0.15) is 28.9 Å². The summed E-state index contributed by atoms with van der Waals surface area (Å²) < 4.78 is 5.29. The van der Waals surface area contributed by atoms with Crippen molar-refractivity contribution < 1.29 is 14.6 Å². The number of rotatable bonds is 3. The van der Waals surface area contributed by atoms with Gasteiger partial charge in [0.15, 0.2) is 0 Å². The van der Waals surface area contributed by atoms with Gasteiger partial charge in [-0.25, -0.2) is 4.79 Å². The first kappa shape index (κ1) is 12.3. The Hall–Kier alpha value is -2.13. The molecular weight excluding hydrogens is 228 g/mol. The van der Waals surface area contributed by atoms with Crippen LogP contribution in [0.2, 0.25) is 0 Å². The van der Waals surface area contributed by atoms with Crippen LogP contribution in [0.3, 0.4) is 0 Å². The lowest BCUT2D eigenvalue weighted by Crippen LogP contribution is -2.10. The largest absolute Gasteiger partial charge is 0.423 e. The van der Waals surface area contributed by atoms with Crippen molar-refractivity contribution in [3.63, 3.8) is 0 Å². The van der Waals surface area contributed by atoms with Crippen LogP contribution in [-0.2, 0) is 0 Å². The first-order chi connectivity index (χ1) is 8.68. The molecule has 0 spiro atoms. The molecule has 0 bridgehead atoms. The summed E-state index contributed by atoms with van der Waals surface area (Å²) in [5.41, 5.74) is 1.08. The average Bonchev–Trinajstić information content (AvgIpc) is 2.40. The molecule has 3 nitrogen and oxygen atoms in total. The minimum atomic E-state index is -0.676. The van der Waals surface area contributed by atoms with Crippen molar-refractivity contribution in [1.82, 2.24) is 0 Å². The molecule has 0 heterocycles. The normalized spacial score (nSPS) is 11.9. The number of para-hydroxylation sites is 1. The highest BCUT2D eigenvalue weighted by molar-refractivity contribution is 5.91. The van der Waals surface area contributed by atoms with Gasteiger partial charge in [-0.05, 0) is 25.1 Å². The van der Waals surface area contributed by atoms with Gasteiger partial charge in [0.25, 0.3) is 0 Å². The zero-order valence-electron chi connectivity index (χ0n) is 10.0. The molecule has 92 valence electrons. The Morgan fingerprint density at radius 2 is 1.67 bits per heavy atom. The minimum absolute atomic E-state index is 0.390. The van der Waals surface area contributed by atoms with Crippen molar-refractivity contribution in [2.45, 2.75) is 13.0 Å². The number of carbonyl (C=O) groups excluding carboxylic acids is 1. The molecular formula is C15H14O3. The van der Waals surface area contributed by atoms with E-state index in [1.165, 1.54) is 0 Å². The Labute approximate surface area is 106 Å². The molecule has 0 aliphatic rings. The zero-order chi connectivity index (χ0) is 13.0. The number of ether oxygens (including phenoxy) is 1. The molecule has 2 aromatic carbocycles. The maximum Gasteiger partial charge on any atom is 0.343 e.